The highest BCUT2D eigenvalue weighted by molar-refractivity contribution is 9.10. The molecular formula is C21H20BrNO. The van der Waals surface area contributed by atoms with Gasteiger partial charge in [0.05, 0.1) is 0 Å². The summed E-state index contributed by atoms with van der Waals surface area (Å²) in [5, 5.41) is 3.47. The predicted octanol–water partition coefficient (Wildman–Crippen LogP) is 5.95. The van der Waals surface area contributed by atoms with Crippen molar-refractivity contribution in [1.29, 1.82) is 0 Å². The Hall–Kier alpha value is -2.26. The highest BCUT2D eigenvalue weighted by Gasteiger charge is 2.00. The van der Waals surface area contributed by atoms with E-state index in [-0.39, 0.29) is 0 Å². The van der Waals surface area contributed by atoms with Gasteiger partial charge >= 0.3 is 0 Å². The summed E-state index contributed by atoms with van der Waals surface area (Å²) in [6.07, 6.45) is 0. The fourth-order valence-electron chi connectivity index (χ4n) is 2.47. The topological polar surface area (TPSA) is 21.3 Å². The second kappa shape index (κ2) is 8.02. The molecule has 0 heterocycles. The number of halogens is 1. The molecule has 3 aromatic rings. The van der Waals surface area contributed by atoms with Crippen LogP contribution in [0.15, 0.2) is 77.3 Å². The fraction of sp³-hybridized carbons (Fsp3) is 0.143. The van der Waals surface area contributed by atoms with Gasteiger partial charge in [-0.2, -0.15) is 0 Å². The van der Waals surface area contributed by atoms with Crippen molar-refractivity contribution < 1.29 is 4.74 Å². The van der Waals surface area contributed by atoms with Crippen molar-refractivity contribution in [2.24, 2.45) is 0 Å². The van der Waals surface area contributed by atoms with Crippen LogP contribution in [0.4, 0.5) is 5.69 Å². The van der Waals surface area contributed by atoms with E-state index in [9.17, 15) is 0 Å². The maximum Gasteiger partial charge on any atom is 0.119 e. The number of hydrogen-bond donors (Lipinski definition) is 1. The van der Waals surface area contributed by atoms with Crippen LogP contribution < -0.4 is 10.1 Å². The lowest BCUT2D eigenvalue weighted by molar-refractivity contribution is 0.306. The van der Waals surface area contributed by atoms with Gasteiger partial charge in [-0.1, -0.05) is 58.4 Å². The molecular weight excluding hydrogens is 362 g/mol. The van der Waals surface area contributed by atoms with Gasteiger partial charge in [0.2, 0.25) is 0 Å². The molecule has 0 spiro atoms. The van der Waals surface area contributed by atoms with Gasteiger partial charge < -0.3 is 10.1 Å². The first kappa shape index (κ1) is 16.6. The largest absolute Gasteiger partial charge is 0.489 e. The second-order valence-corrected chi connectivity index (χ2v) is 6.65. The maximum absolute atomic E-state index is 5.82. The van der Waals surface area contributed by atoms with Crippen LogP contribution in [0.5, 0.6) is 5.75 Å². The van der Waals surface area contributed by atoms with Crippen LogP contribution in [0.25, 0.3) is 0 Å². The Bertz CT molecular complexity index is 785. The minimum Gasteiger partial charge on any atom is -0.489 e. The normalized spacial score (nSPS) is 10.4. The quantitative estimate of drug-likeness (QED) is 0.569. The van der Waals surface area contributed by atoms with Crippen LogP contribution in [0.1, 0.15) is 16.7 Å². The van der Waals surface area contributed by atoms with E-state index < -0.39 is 0 Å². The van der Waals surface area contributed by atoms with Gasteiger partial charge in [-0.15, -0.1) is 0 Å². The summed E-state index contributed by atoms with van der Waals surface area (Å²) >= 11 is 3.49. The van der Waals surface area contributed by atoms with E-state index in [2.05, 4.69) is 70.6 Å². The molecule has 122 valence electrons. The van der Waals surface area contributed by atoms with E-state index in [1.54, 1.807) is 0 Å². The first-order chi connectivity index (χ1) is 11.7. The lowest BCUT2D eigenvalue weighted by Crippen LogP contribution is -2.01. The van der Waals surface area contributed by atoms with E-state index in [4.69, 9.17) is 4.74 Å². The van der Waals surface area contributed by atoms with Gasteiger partial charge in [0.25, 0.3) is 0 Å². The molecule has 24 heavy (non-hydrogen) atoms. The Labute approximate surface area is 151 Å². The van der Waals surface area contributed by atoms with E-state index >= 15 is 0 Å². The molecule has 0 aliphatic heterocycles. The van der Waals surface area contributed by atoms with Crippen molar-refractivity contribution in [2.45, 2.75) is 20.1 Å². The van der Waals surface area contributed by atoms with E-state index in [1.807, 2.05) is 30.3 Å². The molecule has 0 atom stereocenters. The minimum atomic E-state index is 0.594. The number of rotatable bonds is 6. The molecule has 0 radical (unpaired) electrons. The third-order valence-electron chi connectivity index (χ3n) is 3.84. The lowest BCUT2D eigenvalue weighted by atomic mass is 10.1. The number of anilines is 1. The lowest BCUT2D eigenvalue weighted by Gasteiger charge is -2.11. The van der Waals surface area contributed by atoms with Crippen molar-refractivity contribution >= 4 is 21.6 Å². The third-order valence-corrected chi connectivity index (χ3v) is 4.34. The first-order valence-electron chi connectivity index (χ1n) is 7.96. The highest BCUT2D eigenvalue weighted by atomic mass is 79.9. The zero-order valence-corrected chi connectivity index (χ0v) is 15.2. The molecule has 2 nitrogen and oxygen atoms in total. The summed E-state index contributed by atoms with van der Waals surface area (Å²) in [6.45, 7) is 3.49. The molecule has 0 fully saturated rings. The molecule has 3 aromatic carbocycles. The summed E-state index contributed by atoms with van der Waals surface area (Å²) in [5.41, 5.74) is 4.79. The molecule has 3 rings (SSSR count). The Morgan fingerprint density at radius 3 is 2.33 bits per heavy atom. The van der Waals surface area contributed by atoms with Gasteiger partial charge in [0, 0.05) is 16.7 Å². The van der Waals surface area contributed by atoms with Crippen LogP contribution in [0, 0.1) is 6.92 Å². The molecule has 0 amide bonds. The van der Waals surface area contributed by atoms with Gasteiger partial charge in [-0.25, -0.2) is 0 Å². The van der Waals surface area contributed by atoms with Crippen molar-refractivity contribution in [3.63, 3.8) is 0 Å². The Morgan fingerprint density at radius 1 is 0.875 bits per heavy atom. The van der Waals surface area contributed by atoms with Crippen molar-refractivity contribution in [1.82, 2.24) is 0 Å². The smallest absolute Gasteiger partial charge is 0.119 e. The van der Waals surface area contributed by atoms with Crippen LogP contribution in [0.2, 0.25) is 0 Å². The van der Waals surface area contributed by atoms with Crippen LogP contribution in [0.3, 0.4) is 0 Å². The number of hydrogen-bond acceptors (Lipinski definition) is 2. The molecule has 0 aliphatic carbocycles. The monoisotopic (exact) mass is 381 g/mol. The third kappa shape index (κ3) is 4.62. The van der Waals surface area contributed by atoms with Crippen LogP contribution in [-0.4, -0.2) is 0 Å². The fourth-order valence-corrected chi connectivity index (χ4v) is 2.94. The standard InChI is InChI=1S/C21H20BrNO/c1-16-13-19(22)9-12-21(16)23-14-17-7-10-20(11-8-17)24-15-18-5-3-2-4-6-18/h2-13,23H,14-15H2,1H3. The van der Waals surface area contributed by atoms with E-state index in [0.717, 1.165) is 22.5 Å². The summed E-state index contributed by atoms with van der Waals surface area (Å²) in [4.78, 5) is 0. The molecule has 0 saturated heterocycles. The summed E-state index contributed by atoms with van der Waals surface area (Å²) < 4.78 is 6.92. The van der Waals surface area contributed by atoms with Crippen molar-refractivity contribution in [3.05, 3.63) is 94.0 Å². The predicted molar refractivity (Wildman–Crippen MR) is 103 cm³/mol. The van der Waals surface area contributed by atoms with Gasteiger partial charge in [-0.05, 0) is 53.9 Å². The Balaban J connectivity index is 1.54. The van der Waals surface area contributed by atoms with Crippen LogP contribution in [-0.2, 0) is 13.2 Å². The minimum absolute atomic E-state index is 0.594. The zero-order chi connectivity index (χ0) is 16.8. The maximum atomic E-state index is 5.82. The van der Waals surface area contributed by atoms with Gasteiger partial charge in [-0.3, -0.25) is 0 Å². The summed E-state index contributed by atoms with van der Waals surface area (Å²) in [6, 6.07) is 24.7. The molecule has 0 saturated carbocycles. The van der Waals surface area contributed by atoms with Crippen molar-refractivity contribution in [2.75, 3.05) is 5.32 Å². The molecule has 3 heteroatoms. The van der Waals surface area contributed by atoms with Gasteiger partial charge in [0.15, 0.2) is 0 Å². The molecule has 0 unspecified atom stereocenters. The Morgan fingerprint density at radius 2 is 1.62 bits per heavy atom. The average molecular weight is 382 g/mol. The second-order valence-electron chi connectivity index (χ2n) is 5.73. The van der Waals surface area contributed by atoms with Gasteiger partial charge in [0.1, 0.15) is 12.4 Å². The average Bonchev–Trinajstić information content (AvgIpc) is 2.61. The number of nitrogens with one attached hydrogen (secondary N) is 1. The highest BCUT2D eigenvalue weighted by Crippen LogP contribution is 2.21. The zero-order valence-electron chi connectivity index (χ0n) is 13.6. The van der Waals surface area contributed by atoms with Crippen molar-refractivity contribution in [3.8, 4) is 5.75 Å². The SMILES string of the molecule is Cc1cc(Br)ccc1NCc1ccc(OCc2ccccc2)cc1. The molecule has 0 bridgehead atoms. The molecule has 0 aromatic heterocycles. The first-order valence-corrected chi connectivity index (χ1v) is 8.76. The number of aryl methyl sites for hydroxylation is 1. The Kier molecular flexibility index (Phi) is 5.55. The molecule has 0 aliphatic rings. The number of ether oxygens (including phenoxy) is 1. The van der Waals surface area contributed by atoms with Crippen LogP contribution >= 0.6 is 15.9 Å². The van der Waals surface area contributed by atoms with E-state index in [1.165, 1.54) is 16.7 Å². The van der Waals surface area contributed by atoms with E-state index in [0.29, 0.717) is 6.61 Å². The summed E-state index contributed by atoms with van der Waals surface area (Å²) in [5.74, 6) is 0.891. The number of benzene rings is 3. The summed E-state index contributed by atoms with van der Waals surface area (Å²) in [7, 11) is 0. The molecule has 1 N–H and O–H groups in total.